The molecule has 0 saturated carbocycles. The van der Waals surface area contributed by atoms with Gasteiger partial charge in [-0.2, -0.15) is 0 Å². The Balaban J connectivity index is 2.72. The molecular formula is C8H7I. The summed E-state index contributed by atoms with van der Waals surface area (Å²) in [6, 6.07) is 0. The molecule has 0 amide bonds. The molecule has 1 rings (SSSR count). The second-order valence-corrected chi connectivity index (χ2v) is 3.34. The maximum absolute atomic E-state index is 3.64. The Morgan fingerprint density at radius 3 is 3.11 bits per heavy atom. The fraction of sp³-hybridized carbons (Fsp3) is 0.250. The second-order valence-electron chi connectivity index (χ2n) is 1.84. The van der Waals surface area contributed by atoms with Crippen LogP contribution in [0, 0.1) is 11.8 Å². The van der Waals surface area contributed by atoms with Gasteiger partial charge in [-0.3, -0.25) is 0 Å². The monoisotopic (exact) mass is 230 g/mol. The van der Waals surface area contributed by atoms with E-state index >= 15 is 0 Å². The molecule has 0 aliphatic heterocycles. The van der Waals surface area contributed by atoms with Gasteiger partial charge in [0.15, 0.2) is 0 Å². The number of hydrogen-bond acceptors (Lipinski definition) is 0. The van der Waals surface area contributed by atoms with Gasteiger partial charge in [-0.1, -0.05) is 53.2 Å². The molecule has 0 N–H and O–H groups in total. The third-order valence-corrected chi connectivity index (χ3v) is 1.96. The van der Waals surface area contributed by atoms with E-state index in [1.807, 2.05) is 0 Å². The highest BCUT2D eigenvalue weighted by atomic mass is 127. The molecule has 1 aliphatic carbocycles. The van der Waals surface area contributed by atoms with Gasteiger partial charge in [0.2, 0.25) is 0 Å². The Kier molecular flexibility index (Phi) is 2.35. The molecule has 46 valence electrons. The molecule has 0 aromatic rings. The minimum Gasteiger partial charge on any atom is -0.0978 e. The van der Waals surface area contributed by atoms with E-state index in [9.17, 15) is 0 Å². The molecule has 0 spiro atoms. The molecule has 1 heteroatoms. The number of alkyl halides is 1. The van der Waals surface area contributed by atoms with E-state index in [0.29, 0.717) is 3.92 Å². The first-order chi connectivity index (χ1) is 4.33. The van der Waals surface area contributed by atoms with Crippen LogP contribution in [0.25, 0.3) is 0 Å². The summed E-state index contributed by atoms with van der Waals surface area (Å²) < 4.78 is 0.506. The van der Waals surface area contributed by atoms with Gasteiger partial charge in [-0.15, -0.1) is 0 Å². The molecule has 9 heavy (non-hydrogen) atoms. The van der Waals surface area contributed by atoms with Crippen molar-refractivity contribution in [3.8, 4) is 11.8 Å². The van der Waals surface area contributed by atoms with Gasteiger partial charge in [-0.05, 0) is 6.42 Å². The Labute approximate surface area is 69.2 Å². The largest absolute Gasteiger partial charge is 0.0978 e. The minimum atomic E-state index is 0.506. The highest BCUT2D eigenvalue weighted by Gasteiger charge is 2.00. The maximum Gasteiger partial charge on any atom is 0.0757 e. The van der Waals surface area contributed by atoms with E-state index in [1.165, 1.54) is 0 Å². The Morgan fingerprint density at radius 1 is 1.89 bits per heavy atom. The summed E-state index contributed by atoms with van der Waals surface area (Å²) in [5.74, 6) is 6.08. The third kappa shape index (κ3) is 1.87. The van der Waals surface area contributed by atoms with Crippen molar-refractivity contribution in [2.45, 2.75) is 10.3 Å². The number of allylic oxidation sites excluding steroid dienone is 3. The van der Waals surface area contributed by atoms with Gasteiger partial charge in [0.25, 0.3) is 0 Å². The molecule has 0 fully saturated rings. The maximum atomic E-state index is 3.64. The molecular weight excluding hydrogens is 223 g/mol. The van der Waals surface area contributed by atoms with Crippen LogP contribution in [0.3, 0.4) is 0 Å². The first-order valence-electron chi connectivity index (χ1n) is 2.81. The van der Waals surface area contributed by atoms with Crippen LogP contribution >= 0.6 is 22.6 Å². The van der Waals surface area contributed by atoms with E-state index in [0.717, 1.165) is 12.0 Å². The van der Waals surface area contributed by atoms with Gasteiger partial charge in [0.05, 0.1) is 3.92 Å². The minimum absolute atomic E-state index is 0.506. The standard InChI is InChI=1S/C8H7I/c1-2-7-3-5-8(9)6-4-7/h2-3,8H,1,5H2. The zero-order valence-electron chi connectivity index (χ0n) is 5.02. The van der Waals surface area contributed by atoms with Gasteiger partial charge in [0, 0.05) is 5.57 Å². The van der Waals surface area contributed by atoms with E-state index in [1.54, 1.807) is 6.08 Å². The fourth-order valence-corrected chi connectivity index (χ4v) is 1.05. The fourth-order valence-electron chi connectivity index (χ4n) is 0.636. The van der Waals surface area contributed by atoms with Crippen molar-refractivity contribution < 1.29 is 0 Å². The molecule has 0 saturated heterocycles. The van der Waals surface area contributed by atoms with Crippen LogP contribution in [0.4, 0.5) is 0 Å². The van der Waals surface area contributed by atoms with Gasteiger partial charge < -0.3 is 0 Å². The lowest BCUT2D eigenvalue weighted by atomic mass is 10.1. The SMILES string of the molecule is C=CC1=CCC(I)C#C1. The second kappa shape index (κ2) is 3.07. The van der Waals surface area contributed by atoms with Crippen LogP contribution in [0.15, 0.2) is 24.3 Å². The van der Waals surface area contributed by atoms with E-state index in [-0.39, 0.29) is 0 Å². The van der Waals surface area contributed by atoms with Crippen molar-refractivity contribution in [3.05, 3.63) is 24.3 Å². The van der Waals surface area contributed by atoms with E-state index in [2.05, 4.69) is 47.1 Å². The molecule has 1 atom stereocenters. The molecule has 0 aromatic carbocycles. The summed E-state index contributed by atoms with van der Waals surface area (Å²) in [6.45, 7) is 3.64. The number of halogens is 1. The predicted octanol–water partition coefficient (Wildman–Crippen LogP) is 2.31. The van der Waals surface area contributed by atoms with Crippen molar-refractivity contribution >= 4 is 22.6 Å². The lowest BCUT2D eigenvalue weighted by Crippen LogP contribution is -1.94. The molecule has 0 heterocycles. The topological polar surface area (TPSA) is 0 Å². The molecule has 0 aromatic heterocycles. The van der Waals surface area contributed by atoms with E-state index in [4.69, 9.17) is 0 Å². The average Bonchev–Trinajstić information content (AvgIpc) is 1.90. The van der Waals surface area contributed by atoms with Crippen LogP contribution in [0.1, 0.15) is 6.42 Å². The summed E-state index contributed by atoms with van der Waals surface area (Å²) in [5.41, 5.74) is 1.07. The third-order valence-electron chi connectivity index (χ3n) is 1.14. The van der Waals surface area contributed by atoms with Crippen LogP contribution < -0.4 is 0 Å². The van der Waals surface area contributed by atoms with Crippen molar-refractivity contribution in [2.75, 3.05) is 0 Å². The Morgan fingerprint density at radius 2 is 2.67 bits per heavy atom. The molecule has 0 nitrogen and oxygen atoms in total. The quantitative estimate of drug-likeness (QED) is 0.368. The summed E-state index contributed by atoms with van der Waals surface area (Å²) >= 11 is 2.33. The van der Waals surface area contributed by atoms with Gasteiger partial charge in [0.1, 0.15) is 0 Å². The van der Waals surface area contributed by atoms with Crippen LogP contribution in [-0.2, 0) is 0 Å². The van der Waals surface area contributed by atoms with Crippen molar-refractivity contribution in [1.29, 1.82) is 0 Å². The van der Waals surface area contributed by atoms with Crippen LogP contribution in [0.2, 0.25) is 0 Å². The number of rotatable bonds is 1. The molecule has 1 aliphatic rings. The summed E-state index contributed by atoms with van der Waals surface area (Å²) in [4.78, 5) is 0. The zero-order chi connectivity index (χ0) is 6.69. The van der Waals surface area contributed by atoms with Crippen LogP contribution in [0.5, 0.6) is 0 Å². The Hall–Kier alpha value is -0.230. The van der Waals surface area contributed by atoms with Crippen molar-refractivity contribution in [2.24, 2.45) is 0 Å². The molecule has 1 unspecified atom stereocenters. The smallest absolute Gasteiger partial charge is 0.0757 e. The predicted molar refractivity (Wildman–Crippen MR) is 48.5 cm³/mol. The van der Waals surface area contributed by atoms with Gasteiger partial charge >= 0.3 is 0 Å². The number of hydrogen-bond donors (Lipinski definition) is 0. The molecule has 0 bridgehead atoms. The van der Waals surface area contributed by atoms with Crippen molar-refractivity contribution in [1.82, 2.24) is 0 Å². The first-order valence-corrected chi connectivity index (χ1v) is 4.05. The normalized spacial score (nSPS) is 23.7. The summed E-state index contributed by atoms with van der Waals surface area (Å²) in [6.07, 6.45) is 4.99. The van der Waals surface area contributed by atoms with Crippen molar-refractivity contribution in [3.63, 3.8) is 0 Å². The molecule has 0 radical (unpaired) electrons. The highest BCUT2D eigenvalue weighted by molar-refractivity contribution is 14.1. The highest BCUT2D eigenvalue weighted by Crippen LogP contribution is 2.11. The summed E-state index contributed by atoms with van der Waals surface area (Å²) in [7, 11) is 0. The average molecular weight is 230 g/mol. The van der Waals surface area contributed by atoms with Crippen LogP contribution in [-0.4, -0.2) is 3.92 Å². The Bertz CT molecular complexity index is 202. The first kappa shape index (κ1) is 6.88. The van der Waals surface area contributed by atoms with E-state index < -0.39 is 0 Å². The lowest BCUT2D eigenvalue weighted by molar-refractivity contribution is 1.12. The summed E-state index contributed by atoms with van der Waals surface area (Å²) in [5, 5.41) is 0. The zero-order valence-corrected chi connectivity index (χ0v) is 7.18. The lowest BCUT2D eigenvalue weighted by Gasteiger charge is -2.01. The van der Waals surface area contributed by atoms with Gasteiger partial charge in [-0.25, -0.2) is 0 Å².